The van der Waals surface area contributed by atoms with Gasteiger partial charge < -0.3 is 5.32 Å². The van der Waals surface area contributed by atoms with Gasteiger partial charge in [-0.2, -0.15) is 5.26 Å². The van der Waals surface area contributed by atoms with Gasteiger partial charge in [0.05, 0.1) is 11.6 Å². The molecule has 0 atom stereocenters. The first-order chi connectivity index (χ1) is 9.72. The molecule has 0 aromatic heterocycles. The van der Waals surface area contributed by atoms with Gasteiger partial charge in [-0.1, -0.05) is 13.0 Å². The molecule has 0 saturated heterocycles. The molecule has 1 amide bonds. The maximum absolute atomic E-state index is 11.9. The fourth-order valence-electron chi connectivity index (χ4n) is 2.34. The number of nitrogens with one attached hydrogen (secondary N) is 1. The summed E-state index contributed by atoms with van der Waals surface area (Å²) < 4.78 is 0. The van der Waals surface area contributed by atoms with Gasteiger partial charge in [0, 0.05) is 24.7 Å². The second kappa shape index (κ2) is 7.06. The van der Waals surface area contributed by atoms with Crippen LogP contribution < -0.4 is 5.32 Å². The molecule has 0 heterocycles. The molecule has 4 heteroatoms. The van der Waals surface area contributed by atoms with Crippen LogP contribution in [-0.2, 0) is 4.79 Å². The van der Waals surface area contributed by atoms with E-state index in [2.05, 4.69) is 23.2 Å². The van der Waals surface area contributed by atoms with E-state index in [-0.39, 0.29) is 5.91 Å². The smallest absolute Gasteiger partial charge is 0.225 e. The highest BCUT2D eigenvalue weighted by atomic mass is 16.1. The first-order valence-corrected chi connectivity index (χ1v) is 7.27. The Morgan fingerprint density at radius 1 is 1.45 bits per heavy atom. The summed E-state index contributed by atoms with van der Waals surface area (Å²) in [5.41, 5.74) is 1.26. The van der Waals surface area contributed by atoms with Crippen molar-refractivity contribution in [1.29, 1.82) is 5.26 Å². The van der Waals surface area contributed by atoms with Crippen molar-refractivity contribution in [2.24, 2.45) is 0 Å². The first kappa shape index (κ1) is 14.5. The average molecular weight is 271 g/mol. The van der Waals surface area contributed by atoms with Gasteiger partial charge in [-0.15, -0.1) is 0 Å². The molecule has 1 aliphatic rings. The number of carbonyl (C=O) groups is 1. The Kier molecular flexibility index (Phi) is 5.14. The fraction of sp³-hybridized carbons (Fsp3) is 0.500. The molecular weight excluding hydrogens is 250 g/mol. The van der Waals surface area contributed by atoms with Crippen molar-refractivity contribution in [3.63, 3.8) is 0 Å². The summed E-state index contributed by atoms with van der Waals surface area (Å²) in [6, 6.07) is 9.78. The van der Waals surface area contributed by atoms with Crippen molar-refractivity contribution < 1.29 is 4.79 Å². The largest absolute Gasteiger partial charge is 0.326 e. The molecule has 1 N–H and O–H groups in total. The van der Waals surface area contributed by atoms with Gasteiger partial charge in [-0.3, -0.25) is 9.69 Å². The van der Waals surface area contributed by atoms with E-state index in [9.17, 15) is 4.79 Å². The van der Waals surface area contributed by atoms with Crippen LogP contribution in [0.4, 0.5) is 5.69 Å². The van der Waals surface area contributed by atoms with E-state index in [1.165, 1.54) is 12.8 Å². The summed E-state index contributed by atoms with van der Waals surface area (Å²) in [5.74, 6) is 0.0156. The van der Waals surface area contributed by atoms with Crippen LogP contribution in [0.25, 0.3) is 0 Å². The fourth-order valence-corrected chi connectivity index (χ4v) is 2.34. The van der Waals surface area contributed by atoms with E-state index in [0.717, 1.165) is 19.5 Å². The number of hydrogen-bond acceptors (Lipinski definition) is 3. The quantitative estimate of drug-likeness (QED) is 0.829. The molecule has 1 aromatic carbocycles. The number of amides is 1. The first-order valence-electron chi connectivity index (χ1n) is 7.27. The van der Waals surface area contributed by atoms with Crippen LogP contribution in [0, 0.1) is 11.3 Å². The third-order valence-electron chi connectivity index (χ3n) is 3.48. The standard InChI is InChI=1S/C16H21N3O/c1-2-9-19(15-6-7-15)10-8-16(20)18-14-5-3-4-13(11-14)12-17/h3-5,11,15H,2,6-10H2,1H3,(H,18,20). The molecule has 106 valence electrons. The molecule has 0 unspecified atom stereocenters. The van der Waals surface area contributed by atoms with Crippen molar-refractivity contribution in [2.45, 2.75) is 38.6 Å². The highest BCUT2D eigenvalue weighted by Crippen LogP contribution is 2.26. The summed E-state index contributed by atoms with van der Waals surface area (Å²) in [6.07, 6.45) is 4.17. The molecule has 0 radical (unpaired) electrons. The summed E-state index contributed by atoms with van der Waals surface area (Å²) in [6.45, 7) is 4.06. The highest BCUT2D eigenvalue weighted by molar-refractivity contribution is 5.90. The van der Waals surface area contributed by atoms with Crippen LogP contribution in [0.3, 0.4) is 0 Å². The Morgan fingerprint density at radius 2 is 2.25 bits per heavy atom. The SMILES string of the molecule is CCCN(CCC(=O)Nc1cccc(C#N)c1)C1CC1. The maximum atomic E-state index is 11.9. The minimum Gasteiger partial charge on any atom is -0.326 e. The monoisotopic (exact) mass is 271 g/mol. The van der Waals surface area contributed by atoms with Crippen molar-refractivity contribution in [2.75, 3.05) is 18.4 Å². The number of hydrogen-bond donors (Lipinski definition) is 1. The maximum Gasteiger partial charge on any atom is 0.225 e. The van der Waals surface area contributed by atoms with Gasteiger partial charge in [-0.25, -0.2) is 0 Å². The van der Waals surface area contributed by atoms with Gasteiger partial charge in [0.15, 0.2) is 0 Å². The lowest BCUT2D eigenvalue weighted by molar-refractivity contribution is -0.116. The summed E-state index contributed by atoms with van der Waals surface area (Å²) in [5, 5.41) is 11.7. The normalized spacial score (nSPS) is 14.1. The van der Waals surface area contributed by atoms with Crippen molar-refractivity contribution in [3.05, 3.63) is 29.8 Å². The van der Waals surface area contributed by atoms with E-state index < -0.39 is 0 Å². The van der Waals surface area contributed by atoms with E-state index in [4.69, 9.17) is 5.26 Å². The third kappa shape index (κ3) is 4.36. The average Bonchev–Trinajstić information content (AvgIpc) is 3.28. The van der Waals surface area contributed by atoms with E-state index in [1.54, 1.807) is 18.2 Å². The zero-order chi connectivity index (χ0) is 14.4. The third-order valence-corrected chi connectivity index (χ3v) is 3.48. The van der Waals surface area contributed by atoms with Crippen LogP contribution in [0.2, 0.25) is 0 Å². The number of anilines is 1. The van der Waals surface area contributed by atoms with Crippen LogP contribution in [-0.4, -0.2) is 29.9 Å². The molecule has 4 nitrogen and oxygen atoms in total. The zero-order valence-corrected chi connectivity index (χ0v) is 11.9. The second-order valence-corrected chi connectivity index (χ2v) is 5.26. The molecule has 1 aromatic rings. The predicted octanol–water partition coefficient (Wildman–Crippen LogP) is 2.76. The van der Waals surface area contributed by atoms with Crippen LogP contribution in [0.15, 0.2) is 24.3 Å². The second-order valence-electron chi connectivity index (χ2n) is 5.26. The number of benzene rings is 1. The Labute approximate surface area is 120 Å². The van der Waals surface area contributed by atoms with Crippen LogP contribution in [0.5, 0.6) is 0 Å². The topological polar surface area (TPSA) is 56.1 Å². The van der Waals surface area contributed by atoms with Gasteiger partial charge in [0.25, 0.3) is 0 Å². The highest BCUT2D eigenvalue weighted by Gasteiger charge is 2.28. The van der Waals surface area contributed by atoms with Crippen molar-refractivity contribution >= 4 is 11.6 Å². The molecule has 20 heavy (non-hydrogen) atoms. The Balaban J connectivity index is 1.81. The molecule has 1 fully saturated rings. The van der Waals surface area contributed by atoms with Gasteiger partial charge in [0.1, 0.15) is 0 Å². The van der Waals surface area contributed by atoms with Gasteiger partial charge >= 0.3 is 0 Å². The Bertz CT molecular complexity index is 503. The van der Waals surface area contributed by atoms with Crippen LogP contribution in [0.1, 0.15) is 38.2 Å². The van der Waals surface area contributed by atoms with E-state index in [0.29, 0.717) is 23.7 Å². The molecule has 2 rings (SSSR count). The lowest BCUT2D eigenvalue weighted by atomic mass is 10.2. The summed E-state index contributed by atoms with van der Waals surface area (Å²) in [4.78, 5) is 14.4. The summed E-state index contributed by atoms with van der Waals surface area (Å²) in [7, 11) is 0. The van der Waals surface area contributed by atoms with Gasteiger partial charge in [-0.05, 0) is 44.0 Å². The van der Waals surface area contributed by atoms with Crippen molar-refractivity contribution in [3.8, 4) is 6.07 Å². The molecular formula is C16H21N3O. The predicted molar refractivity (Wildman–Crippen MR) is 79.3 cm³/mol. The minimum atomic E-state index is 0.0156. The number of nitriles is 1. The number of rotatable bonds is 7. The van der Waals surface area contributed by atoms with Gasteiger partial charge in [0.2, 0.25) is 5.91 Å². The minimum absolute atomic E-state index is 0.0156. The molecule has 0 spiro atoms. The Hall–Kier alpha value is -1.86. The molecule has 0 bridgehead atoms. The lowest BCUT2D eigenvalue weighted by Gasteiger charge is -2.20. The van der Waals surface area contributed by atoms with Crippen LogP contribution >= 0.6 is 0 Å². The molecule has 1 aliphatic carbocycles. The van der Waals surface area contributed by atoms with E-state index >= 15 is 0 Å². The Morgan fingerprint density at radius 3 is 2.90 bits per heavy atom. The molecule has 0 aliphatic heterocycles. The zero-order valence-electron chi connectivity index (χ0n) is 11.9. The number of carbonyl (C=O) groups excluding carboxylic acids is 1. The lowest BCUT2D eigenvalue weighted by Crippen LogP contribution is -2.30. The number of nitrogens with zero attached hydrogens (tertiary/aromatic N) is 2. The summed E-state index contributed by atoms with van der Waals surface area (Å²) >= 11 is 0. The van der Waals surface area contributed by atoms with Crippen molar-refractivity contribution in [1.82, 2.24) is 4.90 Å². The van der Waals surface area contributed by atoms with E-state index in [1.807, 2.05) is 6.07 Å². The molecule has 1 saturated carbocycles.